The first-order chi connectivity index (χ1) is 9.09. The molecule has 0 fully saturated rings. The van der Waals surface area contributed by atoms with Crippen LogP contribution in [0.15, 0.2) is 40.8 Å². The van der Waals surface area contributed by atoms with Crippen LogP contribution in [-0.2, 0) is 0 Å². The van der Waals surface area contributed by atoms with E-state index in [1.54, 1.807) is 24.3 Å². The van der Waals surface area contributed by atoms with E-state index in [1.807, 2.05) is 0 Å². The summed E-state index contributed by atoms with van der Waals surface area (Å²) in [4.78, 5) is 22.4. The van der Waals surface area contributed by atoms with Gasteiger partial charge in [0, 0.05) is 10.8 Å². The maximum absolute atomic E-state index is 11.2. The number of benzene rings is 2. The standard InChI is InChI=1S/C14H8O5/c15-13(16)8-4-2-6-10-11(8)7-3-1-5-9(14(17)18)12(7)19-10/h1-6H,(H,15,16)(H,17,18). The third-order valence-electron chi connectivity index (χ3n) is 2.98. The van der Waals surface area contributed by atoms with Crippen molar-refractivity contribution < 1.29 is 24.2 Å². The van der Waals surface area contributed by atoms with Gasteiger partial charge in [-0.25, -0.2) is 9.59 Å². The van der Waals surface area contributed by atoms with E-state index in [0.29, 0.717) is 16.4 Å². The molecule has 0 spiro atoms. The summed E-state index contributed by atoms with van der Waals surface area (Å²) in [5.41, 5.74) is 0.672. The second-order valence-electron chi connectivity index (χ2n) is 4.07. The smallest absolute Gasteiger partial charge is 0.339 e. The molecule has 0 unspecified atom stereocenters. The summed E-state index contributed by atoms with van der Waals surface area (Å²) < 4.78 is 5.49. The molecule has 19 heavy (non-hydrogen) atoms. The highest BCUT2D eigenvalue weighted by atomic mass is 16.4. The van der Waals surface area contributed by atoms with E-state index in [-0.39, 0.29) is 16.7 Å². The number of carbonyl (C=O) groups is 2. The van der Waals surface area contributed by atoms with Crippen LogP contribution in [0.4, 0.5) is 0 Å². The Hall–Kier alpha value is -2.82. The predicted octanol–water partition coefficient (Wildman–Crippen LogP) is 2.98. The van der Waals surface area contributed by atoms with E-state index in [4.69, 9.17) is 9.52 Å². The molecule has 5 nitrogen and oxygen atoms in total. The summed E-state index contributed by atoms with van der Waals surface area (Å²) in [7, 11) is 0. The fourth-order valence-electron chi connectivity index (χ4n) is 2.19. The van der Waals surface area contributed by atoms with Gasteiger partial charge >= 0.3 is 11.9 Å². The lowest BCUT2D eigenvalue weighted by Gasteiger charge is -1.97. The molecule has 0 atom stereocenters. The molecule has 0 aliphatic carbocycles. The lowest BCUT2D eigenvalue weighted by atomic mass is 10.0. The topological polar surface area (TPSA) is 87.7 Å². The zero-order valence-electron chi connectivity index (χ0n) is 9.58. The van der Waals surface area contributed by atoms with Crippen molar-refractivity contribution in [1.82, 2.24) is 0 Å². The number of aromatic carboxylic acids is 2. The van der Waals surface area contributed by atoms with Crippen LogP contribution in [0.3, 0.4) is 0 Å². The van der Waals surface area contributed by atoms with Crippen LogP contribution in [-0.4, -0.2) is 22.2 Å². The van der Waals surface area contributed by atoms with E-state index in [0.717, 1.165) is 0 Å². The number of furan rings is 1. The second kappa shape index (κ2) is 3.84. The fourth-order valence-corrected chi connectivity index (χ4v) is 2.19. The van der Waals surface area contributed by atoms with Crippen LogP contribution in [0, 0.1) is 0 Å². The molecule has 0 bridgehead atoms. The minimum absolute atomic E-state index is 0.0186. The largest absolute Gasteiger partial charge is 0.478 e. The number of para-hydroxylation sites is 1. The summed E-state index contributed by atoms with van der Waals surface area (Å²) in [6.07, 6.45) is 0. The summed E-state index contributed by atoms with van der Waals surface area (Å²) in [5.74, 6) is -2.18. The average molecular weight is 256 g/mol. The zero-order valence-corrected chi connectivity index (χ0v) is 9.58. The summed E-state index contributed by atoms with van der Waals surface area (Å²) in [6, 6.07) is 9.29. The number of fused-ring (bicyclic) bond motifs is 3. The number of hydrogen-bond acceptors (Lipinski definition) is 3. The summed E-state index contributed by atoms with van der Waals surface area (Å²) >= 11 is 0. The van der Waals surface area contributed by atoms with Crippen LogP contribution >= 0.6 is 0 Å². The number of hydrogen-bond donors (Lipinski definition) is 2. The van der Waals surface area contributed by atoms with E-state index in [1.165, 1.54) is 12.1 Å². The molecule has 94 valence electrons. The Morgan fingerprint density at radius 2 is 1.53 bits per heavy atom. The lowest BCUT2D eigenvalue weighted by molar-refractivity contribution is 0.0687. The Kier molecular flexibility index (Phi) is 2.28. The van der Waals surface area contributed by atoms with Crippen molar-refractivity contribution in [3.63, 3.8) is 0 Å². The van der Waals surface area contributed by atoms with Gasteiger partial charge in [0.25, 0.3) is 0 Å². The van der Waals surface area contributed by atoms with Gasteiger partial charge < -0.3 is 14.6 Å². The van der Waals surface area contributed by atoms with Gasteiger partial charge in [-0.15, -0.1) is 0 Å². The third-order valence-corrected chi connectivity index (χ3v) is 2.98. The highest BCUT2D eigenvalue weighted by Gasteiger charge is 2.19. The molecule has 2 aromatic carbocycles. The Morgan fingerprint density at radius 1 is 0.895 bits per heavy atom. The summed E-state index contributed by atoms with van der Waals surface area (Å²) in [5, 5.41) is 19.2. The molecule has 1 aromatic heterocycles. The average Bonchev–Trinajstić information content (AvgIpc) is 2.76. The normalized spacial score (nSPS) is 10.9. The first-order valence-corrected chi connectivity index (χ1v) is 5.50. The SMILES string of the molecule is O=C(O)c1cccc2c1oc1cccc(C(=O)O)c12. The van der Waals surface area contributed by atoms with Crippen molar-refractivity contribution >= 4 is 33.9 Å². The molecule has 0 amide bonds. The zero-order chi connectivity index (χ0) is 13.6. The van der Waals surface area contributed by atoms with Crippen LogP contribution in [0.1, 0.15) is 20.7 Å². The number of carboxylic acids is 2. The quantitative estimate of drug-likeness (QED) is 0.735. The second-order valence-corrected chi connectivity index (χ2v) is 4.07. The van der Waals surface area contributed by atoms with Crippen LogP contribution < -0.4 is 0 Å². The van der Waals surface area contributed by atoms with Crippen molar-refractivity contribution in [2.45, 2.75) is 0 Å². The predicted molar refractivity (Wildman–Crippen MR) is 67.6 cm³/mol. The van der Waals surface area contributed by atoms with Crippen molar-refractivity contribution in [3.05, 3.63) is 47.5 Å². The van der Waals surface area contributed by atoms with Crippen molar-refractivity contribution in [1.29, 1.82) is 0 Å². The van der Waals surface area contributed by atoms with Gasteiger partial charge in [-0.1, -0.05) is 18.2 Å². The minimum Gasteiger partial charge on any atom is -0.478 e. The molecule has 0 radical (unpaired) electrons. The maximum Gasteiger partial charge on any atom is 0.339 e. The lowest BCUT2D eigenvalue weighted by Crippen LogP contribution is -1.97. The Labute approximate surface area is 106 Å². The van der Waals surface area contributed by atoms with Gasteiger partial charge in [-0.05, 0) is 18.2 Å². The van der Waals surface area contributed by atoms with Crippen LogP contribution in [0.5, 0.6) is 0 Å². The van der Waals surface area contributed by atoms with Gasteiger partial charge in [0.2, 0.25) is 0 Å². The Morgan fingerprint density at radius 3 is 2.21 bits per heavy atom. The van der Waals surface area contributed by atoms with Gasteiger partial charge in [-0.3, -0.25) is 0 Å². The van der Waals surface area contributed by atoms with E-state index < -0.39 is 11.9 Å². The van der Waals surface area contributed by atoms with Gasteiger partial charge in [0.15, 0.2) is 0 Å². The van der Waals surface area contributed by atoms with Crippen molar-refractivity contribution in [3.8, 4) is 0 Å². The highest BCUT2D eigenvalue weighted by Crippen LogP contribution is 2.33. The maximum atomic E-state index is 11.2. The molecular weight excluding hydrogens is 248 g/mol. The number of carboxylic acid groups (broad SMARTS) is 2. The van der Waals surface area contributed by atoms with Crippen molar-refractivity contribution in [2.75, 3.05) is 0 Å². The van der Waals surface area contributed by atoms with Crippen molar-refractivity contribution in [2.24, 2.45) is 0 Å². The fraction of sp³-hybridized carbons (Fsp3) is 0. The molecule has 0 aliphatic heterocycles. The molecule has 0 saturated heterocycles. The van der Waals surface area contributed by atoms with E-state index in [9.17, 15) is 14.7 Å². The third kappa shape index (κ3) is 1.55. The Bertz CT molecular complexity index is 828. The first-order valence-electron chi connectivity index (χ1n) is 5.50. The van der Waals surface area contributed by atoms with Gasteiger partial charge in [0.05, 0.1) is 5.56 Å². The minimum atomic E-state index is -1.11. The van der Waals surface area contributed by atoms with Gasteiger partial charge in [-0.2, -0.15) is 0 Å². The Balaban J connectivity index is 2.54. The molecular formula is C14H8O5. The highest BCUT2D eigenvalue weighted by molar-refractivity contribution is 6.17. The summed E-state index contributed by atoms with van der Waals surface area (Å²) in [6.45, 7) is 0. The molecule has 3 aromatic rings. The molecule has 2 N–H and O–H groups in total. The molecule has 0 saturated carbocycles. The molecule has 3 rings (SSSR count). The monoisotopic (exact) mass is 256 g/mol. The van der Waals surface area contributed by atoms with Crippen LogP contribution in [0.2, 0.25) is 0 Å². The van der Waals surface area contributed by atoms with Gasteiger partial charge in [0.1, 0.15) is 16.7 Å². The number of rotatable bonds is 2. The molecule has 0 aliphatic rings. The van der Waals surface area contributed by atoms with E-state index >= 15 is 0 Å². The van der Waals surface area contributed by atoms with Crippen LogP contribution in [0.25, 0.3) is 21.9 Å². The molecule has 5 heteroatoms. The van der Waals surface area contributed by atoms with E-state index in [2.05, 4.69) is 0 Å². The first kappa shape index (κ1) is 11.3. The molecule has 1 heterocycles.